The van der Waals surface area contributed by atoms with Gasteiger partial charge < -0.3 is 10.2 Å². The fourth-order valence-electron chi connectivity index (χ4n) is 1.92. The highest BCUT2D eigenvalue weighted by molar-refractivity contribution is 9.09. The van der Waals surface area contributed by atoms with E-state index in [2.05, 4.69) is 26.1 Å². The lowest BCUT2D eigenvalue weighted by Crippen LogP contribution is -2.69. The van der Waals surface area contributed by atoms with Crippen LogP contribution < -0.4 is 11.2 Å². The Morgan fingerprint density at radius 2 is 2.44 bits per heavy atom. The molecule has 0 aromatic rings. The number of nitrogens with two attached hydrogens (primary N) is 1. The summed E-state index contributed by atoms with van der Waals surface area (Å²) >= 11 is 4.73. The molecule has 2 rings (SSSR count). The maximum Gasteiger partial charge on any atom is 0.373 e. The van der Waals surface area contributed by atoms with Crippen LogP contribution in [0, 0.1) is 0 Å². The standard InChI is InChI=1S/C9H10BrN3O4S/c10-1-4-2-18-8-5(12-3-14)7(15)13(8)6(4)9(16)17-11/h3,5,8H,1-2,11H2,(H,12,14)/t5?,8-/m0/s1. The Morgan fingerprint density at radius 1 is 1.72 bits per heavy atom. The van der Waals surface area contributed by atoms with Crippen LogP contribution in [-0.2, 0) is 19.2 Å². The Labute approximate surface area is 115 Å². The van der Waals surface area contributed by atoms with Gasteiger partial charge in [-0.2, -0.15) is 5.90 Å². The zero-order chi connectivity index (χ0) is 13.3. The number of thioether (sulfide) groups is 1. The third-order valence-electron chi connectivity index (χ3n) is 2.76. The number of nitrogens with one attached hydrogen (secondary N) is 1. The lowest BCUT2D eigenvalue weighted by atomic mass is 10.0. The van der Waals surface area contributed by atoms with Crippen molar-refractivity contribution in [3.8, 4) is 0 Å². The second kappa shape index (κ2) is 5.29. The predicted molar refractivity (Wildman–Crippen MR) is 67.2 cm³/mol. The molecule has 9 heteroatoms. The SMILES string of the molecule is NOC(=O)C1=C(CBr)CS[C@H]2C(NC=O)C(=O)N12. The third kappa shape index (κ3) is 1.91. The van der Waals surface area contributed by atoms with E-state index in [0.29, 0.717) is 17.5 Å². The van der Waals surface area contributed by atoms with Crippen LogP contribution in [0.4, 0.5) is 0 Å². The van der Waals surface area contributed by atoms with E-state index in [0.717, 1.165) is 5.57 Å². The summed E-state index contributed by atoms with van der Waals surface area (Å²) in [4.78, 5) is 39.4. The maximum atomic E-state index is 11.9. The highest BCUT2D eigenvalue weighted by atomic mass is 79.9. The van der Waals surface area contributed by atoms with E-state index in [1.807, 2.05) is 0 Å². The number of alkyl halides is 1. The van der Waals surface area contributed by atoms with Crippen molar-refractivity contribution in [2.24, 2.45) is 5.90 Å². The lowest BCUT2D eigenvalue weighted by molar-refractivity contribution is -0.152. The number of halogens is 1. The van der Waals surface area contributed by atoms with Gasteiger partial charge in [0.15, 0.2) is 0 Å². The van der Waals surface area contributed by atoms with E-state index in [9.17, 15) is 14.4 Å². The summed E-state index contributed by atoms with van der Waals surface area (Å²) in [5.74, 6) is 4.37. The Bertz CT molecular complexity index is 442. The second-order valence-electron chi connectivity index (χ2n) is 3.66. The number of carbonyl (C=O) groups is 3. The number of fused-ring (bicyclic) bond motifs is 1. The molecule has 0 spiro atoms. The van der Waals surface area contributed by atoms with Gasteiger partial charge in [-0.05, 0) is 5.57 Å². The highest BCUT2D eigenvalue weighted by Gasteiger charge is 2.53. The molecule has 1 fully saturated rings. The molecule has 0 aromatic heterocycles. The van der Waals surface area contributed by atoms with Gasteiger partial charge >= 0.3 is 5.97 Å². The van der Waals surface area contributed by atoms with Gasteiger partial charge in [0.05, 0.1) is 0 Å². The van der Waals surface area contributed by atoms with E-state index >= 15 is 0 Å². The Balaban J connectivity index is 2.30. The molecule has 7 nitrogen and oxygen atoms in total. The molecular weight excluding hydrogens is 326 g/mol. The zero-order valence-electron chi connectivity index (χ0n) is 9.09. The molecule has 1 unspecified atom stereocenters. The number of amides is 2. The van der Waals surface area contributed by atoms with Crippen molar-refractivity contribution in [1.82, 2.24) is 10.2 Å². The smallest absolute Gasteiger partial charge is 0.369 e. The van der Waals surface area contributed by atoms with Gasteiger partial charge in [-0.3, -0.25) is 14.5 Å². The molecule has 0 bridgehead atoms. The van der Waals surface area contributed by atoms with Gasteiger partial charge in [0.1, 0.15) is 17.1 Å². The van der Waals surface area contributed by atoms with Crippen molar-refractivity contribution in [2.45, 2.75) is 11.4 Å². The molecule has 0 aliphatic carbocycles. The molecule has 3 N–H and O–H groups in total. The maximum absolute atomic E-state index is 11.9. The van der Waals surface area contributed by atoms with Crippen LogP contribution in [0.1, 0.15) is 0 Å². The van der Waals surface area contributed by atoms with Crippen LogP contribution in [0.2, 0.25) is 0 Å². The largest absolute Gasteiger partial charge is 0.373 e. The van der Waals surface area contributed by atoms with Gasteiger partial charge in [0, 0.05) is 11.1 Å². The van der Waals surface area contributed by atoms with Gasteiger partial charge in [-0.25, -0.2) is 4.79 Å². The van der Waals surface area contributed by atoms with E-state index < -0.39 is 12.0 Å². The van der Waals surface area contributed by atoms with Crippen LogP contribution in [0.15, 0.2) is 11.3 Å². The number of hydrogen-bond acceptors (Lipinski definition) is 6. The first kappa shape index (κ1) is 13.4. The monoisotopic (exact) mass is 335 g/mol. The fourth-order valence-corrected chi connectivity index (χ4v) is 4.01. The number of rotatable bonds is 4. The second-order valence-corrected chi connectivity index (χ2v) is 5.33. The van der Waals surface area contributed by atoms with Crippen LogP contribution in [0.3, 0.4) is 0 Å². The summed E-state index contributed by atoms with van der Waals surface area (Å²) in [7, 11) is 0. The van der Waals surface area contributed by atoms with E-state index in [4.69, 9.17) is 5.90 Å². The van der Waals surface area contributed by atoms with E-state index in [1.54, 1.807) is 0 Å². The Morgan fingerprint density at radius 3 is 3.00 bits per heavy atom. The summed E-state index contributed by atoms with van der Waals surface area (Å²) in [6, 6.07) is -0.593. The third-order valence-corrected chi connectivity index (χ3v) is 4.77. The van der Waals surface area contributed by atoms with Gasteiger partial charge in [0.2, 0.25) is 6.41 Å². The number of carbonyl (C=O) groups excluding carboxylic acids is 3. The average molecular weight is 336 g/mol. The molecule has 2 aliphatic heterocycles. The fraction of sp³-hybridized carbons (Fsp3) is 0.444. The summed E-state index contributed by atoms with van der Waals surface area (Å²) in [6.45, 7) is 0. The molecule has 2 amide bonds. The van der Waals surface area contributed by atoms with Crippen molar-refractivity contribution in [1.29, 1.82) is 0 Å². The Kier molecular flexibility index (Phi) is 3.93. The molecule has 0 aromatic carbocycles. The molecule has 2 atom stereocenters. The van der Waals surface area contributed by atoms with E-state index in [1.165, 1.54) is 16.7 Å². The first-order valence-corrected chi connectivity index (χ1v) is 7.16. The summed E-state index contributed by atoms with van der Waals surface area (Å²) in [5.41, 5.74) is 0.914. The molecule has 0 radical (unpaired) electrons. The van der Waals surface area contributed by atoms with Crippen LogP contribution in [-0.4, -0.2) is 45.7 Å². The highest BCUT2D eigenvalue weighted by Crippen LogP contribution is 2.40. The van der Waals surface area contributed by atoms with Crippen molar-refractivity contribution in [2.75, 3.05) is 11.1 Å². The molecule has 18 heavy (non-hydrogen) atoms. The summed E-state index contributed by atoms with van der Waals surface area (Å²) < 4.78 is 0. The molecular formula is C9H10BrN3O4S. The van der Waals surface area contributed by atoms with E-state index in [-0.39, 0.29) is 17.0 Å². The lowest BCUT2D eigenvalue weighted by Gasteiger charge is -2.49. The van der Waals surface area contributed by atoms with Crippen molar-refractivity contribution >= 4 is 46.0 Å². The molecule has 0 saturated carbocycles. The minimum Gasteiger partial charge on any atom is -0.369 e. The zero-order valence-corrected chi connectivity index (χ0v) is 11.5. The van der Waals surface area contributed by atoms with Crippen molar-refractivity contribution < 1.29 is 19.2 Å². The first-order chi connectivity index (χ1) is 8.65. The molecule has 2 aliphatic rings. The van der Waals surface area contributed by atoms with Gasteiger partial charge in [0.25, 0.3) is 5.91 Å². The minimum atomic E-state index is -0.743. The first-order valence-electron chi connectivity index (χ1n) is 4.99. The molecule has 2 heterocycles. The average Bonchev–Trinajstić information content (AvgIpc) is 2.41. The van der Waals surface area contributed by atoms with Gasteiger partial charge in [-0.1, -0.05) is 15.9 Å². The van der Waals surface area contributed by atoms with Crippen molar-refractivity contribution in [3.05, 3.63) is 11.3 Å². The predicted octanol–water partition coefficient (Wildman–Crippen LogP) is -0.918. The van der Waals surface area contributed by atoms with Crippen LogP contribution in [0.5, 0.6) is 0 Å². The number of hydrogen-bond donors (Lipinski definition) is 2. The summed E-state index contributed by atoms with van der Waals surface area (Å²) in [6.07, 6.45) is 0.477. The van der Waals surface area contributed by atoms with Crippen LogP contribution >= 0.6 is 27.7 Å². The van der Waals surface area contributed by atoms with Crippen molar-refractivity contribution in [3.63, 3.8) is 0 Å². The Hall–Kier alpha value is -1.06. The quantitative estimate of drug-likeness (QED) is 0.298. The van der Waals surface area contributed by atoms with Crippen LogP contribution in [0.25, 0.3) is 0 Å². The molecule has 98 valence electrons. The topological polar surface area (TPSA) is 102 Å². The summed E-state index contributed by atoms with van der Waals surface area (Å²) in [5, 5.41) is 2.60. The number of β-lactam (4-membered cyclic amide) rings is 1. The molecule has 1 saturated heterocycles. The minimum absolute atomic E-state index is 0.173. The normalized spacial score (nSPS) is 26.3. The van der Waals surface area contributed by atoms with Gasteiger partial charge in [-0.15, -0.1) is 11.8 Å². The number of nitrogens with zero attached hydrogens (tertiary/aromatic N) is 1.